The first-order valence-corrected chi connectivity index (χ1v) is 9.48. The fourth-order valence-electron chi connectivity index (χ4n) is 2.96. The molecule has 28 heavy (non-hydrogen) atoms. The predicted molar refractivity (Wildman–Crippen MR) is 114 cm³/mol. The number of hydrogen-bond donors (Lipinski definition) is 2. The number of ether oxygens (including phenoxy) is 1. The van der Waals surface area contributed by atoms with Crippen LogP contribution in [0.5, 0.6) is 5.75 Å². The molecule has 0 aliphatic carbocycles. The smallest absolute Gasteiger partial charge is 0.239 e. The molecular formula is C23H30N2O3. The van der Waals surface area contributed by atoms with Crippen LogP contribution in [0.2, 0.25) is 0 Å². The summed E-state index contributed by atoms with van der Waals surface area (Å²) in [5.41, 5.74) is 3.10. The van der Waals surface area contributed by atoms with Gasteiger partial charge in [0.25, 0.3) is 0 Å². The average molecular weight is 383 g/mol. The Hall–Kier alpha value is -2.82. The van der Waals surface area contributed by atoms with E-state index < -0.39 is 11.3 Å². The van der Waals surface area contributed by atoms with Gasteiger partial charge in [0.2, 0.25) is 11.8 Å². The Balaban J connectivity index is 2.20. The maximum Gasteiger partial charge on any atom is 0.239 e. The van der Waals surface area contributed by atoms with Crippen molar-refractivity contribution in [1.82, 2.24) is 0 Å². The Morgan fingerprint density at radius 2 is 1.46 bits per heavy atom. The molecule has 0 heterocycles. The van der Waals surface area contributed by atoms with E-state index in [2.05, 4.69) is 10.6 Å². The van der Waals surface area contributed by atoms with E-state index in [9.17, 15) is 9.59 Å². The number of carbonyl (C=O) groups excluding carboxylic acids is 2. The zero-order valence-electron chi connectivity index (χ0n) is 17.8. The van der Waals surface area contributed by atoms with E-state index in [-0.39, 0.29) is 12.0 Å². The Morgan fingerprint density at radius 3 is 2.04 bits per heavy atom. The number of anilines is 2. The zero-order valence-corrected chi connectivity index (χ0v) is 17.8. The van der Waals surface area contributed by atoms with Gasteiger partial charge < -0.3 is 15.4 Å². The number of nitrogens with one attached hydrogen (secondary N) is 2. The summed E-state index contributed by atoms with van der Waals surface area (Å²) in [7, 11) is 0. The third-order valence-electron chi connectivity index (χ3n) is 4.55. The third-order valence-corrected chi connectivity index (χ3v) is 4.55. The molecule has 0 unspecified atom stereocenters. The van der Waals surface area contributed by atoms with Crippen molar-refractivity contribution in [2.45, 2.75) is 54.6 Å². The molecule has 0 atom stereocenters. The van der Waals surface area contributed by atoms with Gasteiger partial charge in [-0.2, -0.15) is 0 Å². The minimum absolute atomic E-state index is 0.0261. The summed E-state index contributed by atoms with van der Waals surface area (Å²) < 4.78 is 5.74. The molecule has 2 aromatic rings. The minimum Gasteiger partial charge on any atom is -0.489 e. The van der Waals surface area contributed by atoms with E-state index in [4.69, 9.17) is 4.74 Å². The standard InChI is InChI=1S/C23H30N2O3/c1-14(2)28-19-11-9-8-10-18(19)24-21(26)23(6,7)22(27)25-20-16(4)12-15(3)13-17(20)5/h8-14H,1-7H3,(H,24,26)(H,25,27). The number of amides is 2. The molecule has 0 aliphatic heterocycles. The summed E-state index contributed by atoms with van der Waals surface area (Å²) in [6, 6.07) is 11.2. The van der Waals surface area contributed by atoms with Crippen molar-refractivity contribution >= 4 is 23.2 Å². The Kier molecular flexibility index (Phi) is 6.49. The second-order valence-electron chi connectivity index (χ2n) is 7.97. The molecular weight excluding hydrogens is 352 g/mol. The lowest BCUT2D eigenvalue weighted by atomic mass is 9.90. The average Bonchev–Trinajstić information content (AvgIpc) is 2.58. The Labute approximate surface area is 167 Å². The normalized spacial score (nSPS) is 11.3. The van der Waals surface area contributed by atoms with Crippen molar-refractivity contribution in [3.05, 3.63) is 53.1 Å². The van der Waals surface area contributed by atoms with Gasteiger partial charge in [0.05, 0.1) is 11.8 Å². The van der Waals surface area contributed by atoms with Gasteiger partial charge in [0, 0.05) is 5.69 Å². The van der Waals surface area contributed by atoms with E-state index >= 15 is 0 Å². The molecule has 2 amide bonds. The molecule has 0 radical (unpaired) electrons. The monoisotopic (exact) mass is 382 g/mol. The molecule has 5 heteroatoms. The van der Waals surface area contributed by atoms with Gasteiger partial charge >= 0.3 is 0 Å². The molecule has 150 valence electrons. The molecule has 0 fully saturated rings. The molecule has 0 spiro atoms. The highest BCUT2D eigenvalue weighted by Crippen LogP contribution is 2.29. The van der Waals surface area contributed by atoms with Gasteiger partial charge in [0.15, 0.2) is 0 Å². The first kappa shape index (κ1) is 21.5. The largest absolute Gasteiger partial charge is 0.489 e. The van der Waals surface area contributed by atoms with Crippen LogP contribution in [0.4, 0.5) is 11.4 Å². The van der Waals surface area contributed by atoms with Crippen molar-refractivity contribution in [2.75, 3.05) is 10.6 Å². The van der Waals surface area contributed by atoms with Crippen LogP contribution in [-0.2, 0) is 9.59 Å². The maximum absolute atomic E-state index is 12.9. The summed E-state index contributed by atoms with van der Waals surface area (Å²) in [6.07, 6.45) is -0.0261. The van der Waals surface area contributed by atoms with E-state index in [0.717, 1.165) is 22.4 Å². The predicted octanol–water partition coefficient (Wildman–Crippen LogP) is 5.00. The van der Waals surface area contributed by atoms with Crippen molar-refractivity contribution in [1.29, 1.82) is 0 Å². The van der Waals surface area contributed by atoms with Crippen LogP contribution in [0, 0.1) is 26.2 Å². The molecule has 2 rings (SSSR count). The van der Waals surface area contributed by atoms with Crippen molar-refractivity contribution in [3.8, 4) is 5.75 Å². The highest BCUT2D eigenvalue weighted by molar-refractivity contribution is 6.14. The van der Waals surface area contributed by atoms with Crippen LogP contribution in [0.15, 0.2) is 36.4 Å². The van der Waals surface area contributed by atoms with Crippen LogP contribution in [-0.4, -0.2) is 17.9 Å². The second kappa shape index (κ2) is 8.46. The van der Waals surface area contributed by atoms with E-state index in [1.807, 2.05) is 58.9 Å². The van der Waals surface area contributed by atoms with E-state index in [0.29, 0.717) is 11.4 Å². The van der Waals surface area contributed by atoms with Crippen LogP contribution in [0.1, 0.15) is 44.4 Å². The van der Waals surface area contributed by atoms with Crippen molar-refractivity contribution < 1.29 is 14.3 Å². The van der Waals surface area contributed by atoms with E-state index in [1.54, 1.807) is 26.0 Å². The number of carbonyl (C=O) groups is 2. The SMILES string of the molecule is Cc1cc(C)c(NC(=O)C(C)(C)C(=O)Nc2ccccc2OC(C)C)c(C)c1. The van der Waals surface area contributed by atoms with Gasteiger partial charge in [0.1, 0.15) is 11.2 Å². The summed E-state index contributed by atoms with van der Waals surface area (Å²) in [4.78, 5) is 25.8. The van der Waals surface area contributed by atoms with Gasteiger partial charge in [-0.25, -0.2) is 0 Å². The maximum atomic E-state index is 12.9. The third kappa shape index (κ3) is 4.91. The lowest BCUT2D eigenvalue weighted by Crippen LogP contribution is -2.42. The van der Waals surface area contributed by atoms with Gasteiger partial charge in [-0.1, -0.05) is 29.8 Å². The first-order chi connectivity index (χ1) is 13.0. The fourth-order valence-corrected chi connectivity index (χ4v) is 2.96. The Morgan fingerprint density at radius 1 is 0.929 bits per heavy atom. The van der Waals surface area contributed by atoms with Gasteiger partial charge in [-0.3, -0.25) is 9.59 Å². The zero-order chi connectivity index (χ0) is 21.1. The summed E-state index contributed by atoms with van der Waals surface area (Å²) in [5, 5.41) is 5.76. The highest BCUT2D eigenvalue weighted by Gasteiger charge is 2.37. The number of aryl methyl sites for hydroxylation is 3. The summed E-state index contributed by atoms with van der Waals surface area (Å²) >= 11 is 0. The summed E-state index contributed by atoms with van der Waals surface area (Å²) in [5.74, 6) is -0.179. The summed E-state index contributed by atoms with van der Waals surface area (Å²) in [6.45, 7) is 13.0. The topological polar surface area (TPSA) is 67.4 Å². The fraction of sp³-hybridized carbons (Fsp3) is 0.391. The minimum atomic E-state index is -1.27. The number of para-hydroxylation sites is 2. The van der Waals surface area contributed by atoms with Crippen LogP contribution >= 0.6 is 0 Å². The molecule has 0 saturated carbocycles. The first-order valence-electron chi connectivity index (χ1n) is 9.48. The van der Waals surface area contributed by atoms with Crippen LogP contribution in [0.25, 0.3) is 0 Å². The number of hydrogen-bond acceptors (Lipinski definition) is 3. The van der Waals surface area contributed by atoms with Gasteiger partial charge in [-0.05, 0) is 71.7 Å². The van der Waals surface area contributed by atoms with E-state index in [1.165, 1.54) is 0 Å². The van der Waals surface area contributed by atoms with Gasteiger partial charge in [-0.15, -0.1) is 0 Å². The lowest BCUT2D eigenvalue weighted by Gasteiger charge is -2.25. The number of rotatable bonds is 6. The highest BCUT2D eigenvalue weighted by atomic mass is 16.5. The molecule has 2 aromatic carbocycles. The quantitative estimate of drug-likeness (QED) is 0.691. The molecule has 0 saturated heterocycles. The molecule has 0 bridgehead atoms. The second-order valence-corrected chi connectivity index (χ2v) is 7.97. The number of benzene rings is 2. The lowest BCUT2D eigenvalue weighted by molar-refractivity contribution is -0.135. The van der Waals surface area contributed by atoms with Crippen molar-refractivity contribution in [2.24, 2.45) is 5.41 Å². The molecule has 0 aliphatic rings. The molecule has 0 aromatic heterocycles. The van der Waals surface area contributed by atoms with Crippen LogP contribution in [0.3, 0.4) is 0 Å². The Bertz CT molecular complexity index is 862. The molecule has 5 nitrogen and oxygen atoms in total. The molecule has 2 N–H and O–H groups in total. The van der Waals surface area contributed by atoms with Crippen molar-refractivity contribution in [3.63, 3.8) is 0 Å². The van der Waals surface area contributed by atoms with Crippen LogP contribution < -0.4 is 15.4 Å².